The summed E-state index contributed by atoms with van der Waals surface area (Å²) < 4.78 is 16.8. The van der Waals surface area contributed by atoms with E-state index in [1.54, 1.807) is 0 Å². The van der Waals surface area contributed by atoms with Crippen LogP contribution in [0.15, 0.2) is 12.7 Å². The second-order valence-electron chi connectivity index (χ2n) is 4.51. The van der Waals surface area contributed by atoms with Crippen molar-refractivity contribution in [3.05, 3.63) is 12.7 Å². The summed E-state index contributed by atoms with van der Waals surface area (Å²) in [7, 11) is -4.23. The number of hydrogen-bond donors (Lipinski definition) is 4. The smallest absolute Gasteiger partial charge is 0.350 e. The number of anilines is 1. The minimum absolute atomic E-state index is 0.0347. The largest absolute Gasteiger partial charge is 0.410 e. The van der Waals surface area contributed by atoms with Gasteiger partial charge in [0.2, 0.25) is 5.65 Å². The van der Waals surface area contributed by atoms with E-state index in [-0.39, 0.29) is 25.6 Å². The van der Waals surface area contributed by atoms with Gasteiger partial charge in [-0.15, -0.1) is 0 Å². The lowest BCUT2D eigenvalue weighted by Crippen LogP contribution is -2.26. The van der Waals surface area contributed by atoms with Crippen molar-refractivity contribution in [3.63, 3.8) is 0 Å². The number of imidazole rings is 1. The second-order valence-corrected chi connectivity index (χ2v) is 6.10. The average molecular weight is 333 g/mol. The van der Waals surface area contributed by atoms with E-state index in [0.717, 1.165) is 0 Å². The SMILES string of the molecule is Nc1ncnc2c1ncn2OCC(CO)COCP(=O)(O)O. The molecule has 2 aromatic heterocycles. The molecule has 2 rings (SSSR count). The number of aliphatic hydroxyl groups excluding tert-OH is 1. The van der Waals surface area contributed by atoms with E-state index in [0.29, 0.717) is 11.2 Å². The Kier molecular flexibility index (Phi) is 5.27. The monoisotopic (exact) mass is 333 g/mol. The zero-order valence-corrected chi connectivity index (χ0v) is 12.3. The van der Waals surface area contributed by atoms with Crippen LogP contribution in [0.2, 0.25) is 0 Å². The fraction of sp³-hybridized carbons (Fsp3) is 0.500. The van der Waals surface area contributed by atoms with Crippen LogP contribution in [-0.4, -0.2) is 60.7 Å². The molecule has 1 unspecified atom stereocenters. The van der Waals surface area contributed by atoms with Crippen LogP contribution >= 0.6 is 7.60 Å². The minimum Gasteiger partial charge on any atom is -0.410 e. The van der Waals surface area contributed by atoms with E-state index in [1.165, 1.54) is 17.4 Å². The van der Waals surface area contributed by atoms with Crippen molar-refractivity contribution in [2.45, 2.75) is 0 Å². The number of fused-ring (bicyclic) bond motifs is 1. The zero-order chi connectivity index (χ0) is 16.2. The first-order chi connectivity index (χ1) is 10.4. The molecule has 2 aromatic rings. The zero-order valence-electron chi connectivity index (χ0n) is 11.4. The highest BCUT2D eigenvalue weighted by Crippen LogP contribution is 2.33. The lowest BCUT2D eigenvalue weighted by Gasteiger charge is -2.15. The predicted molar refractivity (Wildman–Crippen MR) is 74.6 cm³/mol. The molecule has 11 nitrogen and oxygen atoms in total. The van der Waals surface area contributed by atoms with Crippen molar-refractivity contribution < 1.29 is 29.0 Å². The van der Waals surface area contributed by atoms with E-state index in [2.05, 4.69) is 15.0 Å². The first kappa shape index (κ1) is 16.6. The van der Waals surface area contributed by atoms with Crippen molar-refractivity contribution in [1.82, 2.24) is 19.7 Å². The van der Waals surface area contributed by atoms with Gasteiger partial charge in [-0.05, 0) is 0 Å². The number of nitrogens with zero attached hydrogens (tertiary/aromatic N) is 4. The molecule has 0 saturated heterocycles. The number of ether oxygens (including phenoxy) is 1. The topological polar surface area (TPSA) is 166 Å². The lowest BCUT2D eigenvalue weighted by molar-refractivity contribution is 0.0197. The maximum Gasteiger partial charge on any atom is 0.350 e. The summed E-state index contributed by atoms with van der Waals surface area (Å²) in [6.45, 7) is -0.302. The molecule has 0 amide bonds. The van der Waals surface area contributed by atoms with Crippen LogP contribution in [0.25, 0.3) is 11.2 Å². The van der Waals surface area contributed by atoms with Crippen LogP contribution in [0, 0.1) is 5.92 Å². The third-order valence-electron chi connectivity index (χ3n) is 2.65. The van der Waals surface area contributed by atoms with Crippen molar-refractivity contribution in [1.29, 1.82) is 0 Å². The van der Waals surface area contributed by atoms with Crippen LogP contribution in [0.4, 0.5) is 5.82 Å². The van der Waals surface area contributed by atoms with E-state index in [9.17, 15) is 9.67 Å². The van der Waals surface area contributed by atoms with Gasteiger partial charge in [0.05, 0.1) is 13.2 Å². The van der Waals surface area contributed by atoms with Crippen molar-refractivity contribution in [3.8, 4) is 0 Å². The third kappa shape index (κ3) is 4.36. The lowest BCUT2D eigenvalue weighted by atomic mass is 10.2. The highest BCUT2D eigenvalue weighted by atomic mass is 31.2. The summed E-state index contributed by atoms with van der Waals surface area (Å²) in [6.07, 6.45) is 1.92. The molecule has 1 atom stereocenters. The predicted octanol–water partition coefficient (Wildman–Crippen LogP) is -1.40. The van der Waals surface area contributed by atoms with Crippen LogP contribution < -0.4 is 10.6 Å². The van der Waals surface area contributed by atoms with Crippen LogP contribution in [0.3, 0.4) is 0 Å². The molecule has 12 heteroatoms. The third-order valence-corrected chi connectivity index (χ3v) is 3.17. The normalized spacial score (nSPS) is 13.4. The van der Waals surface area contributed by atoms with Crippen molar-refractivity contribution >= 4 is 24.6 Å². The van der Waals surface area contributed by atoms with Gasteiger partial charge in [0.1, 0.15) is 25.6 Å². The Hall–Kier alpha value is -1.78. The summed E-state index contributed by atoms with van der Waals surface area (Å²) in [4.78, 5) is 34.6. The fourth-order valence-corrected chi connectivity index (χ4v) is 1.95. The van der Waals surface area contributed by atoms with E-state index in [4.69, 9.17) is 25.1 Å². The molecule has 2 heterocycles. The van der Waals surface area contributed by atoms with Gasteiger partial charge in [-0.25, -0.2) is 15.0 Å². The van der Waals surface area contributed by atoms with Crippen molar-refractivity contribution in [2.24, 2.45) is 5.92 Å². The molecule has 0 aliphatic carbocycles. The second kappa shape index (κ2) is 6.99. The molecule has 122 valence electrons. The maximum atomic E-state index is 10.7. The van der Waals surface area contributed by atoms with Crippen molar-refractivity contribution in [2.75, 3.05) is 31.9 Å². The molecule has 5 N–H and O–H groups in total. The number of aliphatic hydroxyl groups is 1. The van der Waals surface area contributed by atoms with Crippen LogP contribution in [0.1, 0.15) is 0 Å². The number of nitrogen functional groups attached to an aromatic ring is 1. The fourth-order valence-electron chi connectivity index (χ4n) is 1.60. The van der Waals surface area contributed by atoms with Crippen LogP contribution in [0.5, 0.6) is 0 Å². The van der Waals surface area contributed by atoms with Gasteiger partial charge >= 0.3 is 7.60 Å². The first-order valence-corrected chi connectivity index (χ1v) is 8.00. The number of hydrogen-bond acceptors (Lipinski definition) is 8. The maximum absolute atomic E-state index is 10.7. The molecule has 0 aliphatic rings. The van der Waals surface area contributed by atoms with Gasteiger partial charge in [-0.2, -0.15) is 4.73 Å². The Labute approximate surface area is 124 Å². The quantitative estimate of drug-likeness (QED) is 0.422. The highest BCUT2D eigenvalue weighted by molar-refractivity contribution is 7.51. The summed E-state index contributed by atoms with van der Waals surface area (Å²) in [6, 6.07) is 0. The summed E-state index contributed by atoms with van der Waals surface area (Å²) in [5.41, 5.74) is 6.41. The summed E-state index contributed by atoms with van der Waals surface area (Å²) in [5, 5.41) is 9.22. The molecule has 0 saturated carbocycles. The van der Waals surface area contributed by atoms with Gasteiger partial charge in [-0.1, -0.05) is 0 Å². The van der Waals surface area contributed by atoms with E-state index < -0.39 is 19.9 Å². The standard InChI is InChI=1S/C10H16N5O6P/c11-9-8-10(13-4-12-9)15(5-14-8)21-3-7(1-16)2-20-6-22(17,18)19/h4-5,7,16H,1-3,6H2,(H2,11,12,13)(H2,17,18,19). The first-order valence-electron chi connectivity index (χ1n) is 6.20. The number of nitrogens with two attached hydrogens (primary N) is 1. The molecule has 22 heavy (non-hydrogen) atoms. The Bertz CT molecular complexity index is 673. The Balaban J connectivity index is 1.92. The van der Waals surface area contributed by atoms with Gasteiger partial charge in [-0.3, -0.25) is 4.57 Å². The average Bonchev–Trinajstić information content (AvgIpc) is 2.86. The highest BCUT2D eigenvalue weighted by Gasteiger charge is 2.16. The van der Waals surface area contributed by atoms with Crippen LogP contribution in [-0.2, 0) is 9.30 Å². The summed E-state index contributed by atoms with van der Waals surface area (Å²) in [5.74, 6) is -0.251. The molecular weight excluding hydrogens is 317 g/mol. The molecular formula is C10H16N5O6P. The Morgan fingerprint density at radius 1 is 1.32 bits per heavy atom. The molecule has 0 aromatic carbocycles. The molecule has 0 aliphatic heterocycles. The van der Waals surface area contributed by atoms with E-state index in [1.807, 2.05) is 0 Å². The molecule has 0 fully saturated rings. The molecule has 0 radical (unpaired) electrons. The molecule has 0 spiro atoms. The van der Waals surface area contributed by atoms with E-state index >= 15 is 0 Å². The minimum atomic E-state index is -4.23. The Morgan fingerprint density at radius 3 is 2.77 bits per heavy atom. The van der Waals surface area contributed by atoms with Gasteiger partial charge in [0.15, 0.2) is 11.3 Å². The van der Waals surface area contributed by atoms with Gasteiger partial charge < -0.3 is 30.2 Å². The number of aromatic nitrogens is 4. The molecule has 0 bridgehead atoms. The van der Waals surface area contributed by atoms with Gasteiger partial charge in [0, 0.05) is 5.92 Å². The van der Waals surface area contributed by atoms with Gasteiger partial charge in [0.25, 0.3) is 0 Å². The Morgan fingerprint density at radius 2 is 2.09 bits per heavy atom. The summed E-state index contributed by atoms with van der Waals surface area (Å²) >= 11 is 0. The number of rotatable bonds is 8.